The summed E-state index contributed by atoms with van der Waals surface area (Å²) in [5.74, 6) is 0.000567. The zero-order chi connectivity index (χ0) is 13.0. The normalized spacial score (nSPS) is 10.1. The van der Waals surface area contributed by atoms with Crippen molar-refractivity contribution in [2.45, 2.75) is 12.8 Å². The number of aliphatic carboxylic acids is 1. The maximum Gasteiger partial charge on any atom is 2.00 e. The first-order valence-electron chi connectivity index (χ1n) is 5.72. The zero-order valence-corrected chi connectivity index (χ0v) is 14.0. The molecule has 2 aromatic carbocycles. The van der Waals surface area contributed by atoms with Gasteiger partial charge in [0.05, 0.1) is 5.92 Å². The summed E-state index contributed by atoms with van der Waals surface area (Å²) in [7, 11) is 0. The maximum atomic E-state index is 10.9. The van der Waals surface area contributed by atoms with Gasteiger partial charge in [0.1, 0.15) is 11.5 Å². The van der Waals surface area contributed by atoms with E-state index in [0.717, 1.165) is 11.3 Å². The van der Waals surface area contributed by atoms with Gasteiger partial charge in [-0.25, -0.2) is 0 Å². The van der Waals surface area contributed by atoms with Crippen LogP contribution in [-0.2, 0) is 4.79 Å². The number of hydrogen-bond donors (Lipinski definition) is 1. The second-order valence-corrected chi connectivity index (χ2v) is 4.05. The van der Waals surface area contributed by atoms with Crippen LogP contribution in [0.1, 0.15) is 18.4 Å². The molecule has 0 saturated carbocycles. The average molecular weight is 318 g/mol. The van der Waals surface area contributed by atoms with E-state index in [9.17, 15) is 4.79 Å². The van der Waals surface area contributed by atoms with E-state index in [-0.39, 0.29) is 48.7 Å². The van der Waals surface area contributed by atoms with Gasteiger partial charge in [0.25, 0.3) is 0 Å². The number of rotatable bonds is 4. The molecule has 0 aliphatic rings. The number of ether oxygens (including phenoxy) is 1. The van der Waals surface area contributed by atoms with Crippen molar-refractivity contribution in [3.63, 3.8) is 0 Å². The monoisotopic (exact) mass is 318 g/mol. The number of para-hydroxylation sites is 1. The second-order valence-electron chi connectivity index (χ2n) is 4.05. The molecule has 0 amide bonds. The Labute approximate surface area is 153 Å². The largest absolute Gasteiger partial charge is 2.00 e. The number of carbonyl (C=O) groups is 1. The first-order chi connectivity index (χ1) is 8.66. The van der Waals surface area contributed by atoms with Crippen LogP contribution in [0.25, 0.3) is 0 Å². The molecule has 5 nitrogen and oxygen atoms in total. The fraction of sp³-hybridized carbons (Fsp3) is 0.133. The first kappa shape index (κ1) is 22.2. The fourth-order valence-electron chi connectivity index (χ4n) is 1.61. The molecular formula is C15H18CaO5+2. The molecule has 6 heteroatoms. The molecule has 0 aliphatic carbocycles. The van der Waals surface area contributed by atoms with Crippen LogP contribution in [0.2, 0.25) is 0 Å². The Morgan fingerprint density at radius 3 is 2.14 bits per heavy atom. The Morgan fingerprint density at radius 1 is 1.00 bits per heavy atom. The van der Waals surface area contributed by atoms with Crippen LogP contribution < -0.4 is 4.74 Å². The fourth-order valence-corrected chi connectivity index (χ4v) is 1.61. The van der Waals surface area contributed by atoms with Gasteiger partial charge in [-0.3, -0.25) is 4.79 Å². The molecule has 2 aromatic rings. The minimum absolute atomic E-state index is 0. The van der Waals surface area contributed by atoms with Crippen molar-refractivity contribution < 1.29 is 25.6 Å². The standard InChI is InChI=1S/C15H14O3.Ca.2H2O/c1-11(15(16)17)12-6-5-9-14(10-12)18-13-7-3-2-4-8-13;;;/h2-11H,1H3,(H,16,17);;2*1H2/q;+2;;. The Hall–Kier alpha value is -1.11. The van der Waals surface area contributed by atoms with Crippen LogP contribution in [0.4, 0.5) is 0 Å². The topological polar surface area (TPSA) is 110 Å². The molecule has 1 atom stereocenters. The van der Waals surface area contributed by atoms with Crippen LogP contribution in [0.3, 0.4) is 0 Å². The van der Waals surface area contributed by atoms with E-state index in [1.165, 1.54) is 0 Å². The van der Waals surface area contributed by atoms with Crippen LogP contribution >= 0.6 is 0 Å². The van der Waals surface area contributed by atoms with Crippen molar-refractivity contribution in [1.82, 2.24) is 0 Å². The van der Waals surface area contributed by atoms with E-state index in [1.807, 2.05) is 36.4 Å². The van der Waals surface area contributed by atoms with Gasteiger partial charge in [0.15, 0.2) is 0 Å². The van der Waals surface area contributed by atoms with Crippen LogP contribution in [-0.4, -0.2) is 59.8 Å². The van der Waals surface area contributed by atoms with Gasteiger partial charge in [-0.2, -0.15) is 0 Å². The predicted octanol–water partition coefficient (Wildman–Crippen LogP) is 1.64. The van der Waals surface area contributed by atoms with Crippen molar-refractivity contribution >= 4 is 43.7 Å². The first-order valence-corrected chi connectivity index (χ1v) is 5.72. The minimum Gasteiger partial charge on any atom is -0.481 e. The molecule has 0 saturated heterocycles. The van der Waals surface area contributed by atoms with Gasteiger partial charge >= 0.3 is 43.7 Å². The Morgan fingerprint density at radius 2 is 1.57 bits per heavy atom. The molecule has 0 spiro atoms. The number of benzene rings is 2. The minimum atomic E-state index is -0.841. The molecule has 0 aromatic heterocycles. The summed E-state index contributed by atoms with van der Waals surface area (Å²) in [5, 5.41) is 8.98. The summed E-state index contributed by atoms with van der Waals surface area (Å²) in [6, 6.07) is 16.6. The van der Waals surface area contributed by atoms with Crippen molar-refractivity contribution in [2.75, 3.05) is 0 Å². The van der Waals surface area contributed by atoms with Crippen molar-refractivity contribution in [1.29, 1.82) is 0 Å². The van der Waals surface area contributed by atoms with Gasteiger partial charge < -0.3 is 20.8 Å². The van der Waals surface area contributed by atoms with E-state index in [1.54, 1.807) is 25.1 Å². The Bertz CT molecular complexity index is 545. The molecule has 21 heavy (non-hydrogen) atoms. The molecule has 0 heterocycles. The zero-order valence-electron chi connectivity index (χ0n) is 11.7. The van der Waals surface area contributed by atoms with Crippen LogP contribution in [0.15, 0.2) is 54.6 Å². The summed E-state index contributed by atoms with van der Waals surface area (Å²) in [4.78, 5) is 10.9. The molecule has 1 unspecified atom stereocenters. The Kier molecular flexibility index (Phi) is 11.2. The number of carboxylic acids is 1. The van der Waals surface area contributed by atoms with Crippen molar-refractivity contribution in [3.05, 3.63) is 60.2 Å². The van der Waals surface area contributed by atoms with Gasteiger partial charge in [-0.05, 0) is 36.8 Å². The molecule has 0 aliphatic heterocycles. The molecule has 108 valence electrons. The van der Waals surface area contributed by atoms with Crippen LogP contribution in [0.5, 0.6) is 11.5 Å². The summed E-state index contributed by atoms with van der Waals surface area (Å²) in [5.41, 5.74) is 0.732. The van der Waals surface area contributed by atoms with E-state index in [0.29, 0.717) is 5.75 Å². The van der Waals surface area contributed by atoms with Gasteiger partial charge in [-0.15, -0.1) is 0 Å². The van der Waals surface area contributed by atoms with Gasteiger partial charge in [0.2, 0.25) is 0 Å². The third-order valence-corrected chi connectivity index (χ3v) is 2.71. The van der Waals surface area contributed by atoms with E-state index in [4.69, 9.17) is 9.84 Å². The summed E-state index contributed by atoms with van der Waals surface area (Å²) in [6.45, 7) is 1.66. The molecule has 0 radical (unpaired) electrons. The van der Waals surface area contributed by atoms with Crippen LogP contribution in [0, 0.1) is 0 Å². The predicted molar refractivity (Wildman–Crippen MR) is 82.0 cm³/mol. The number of hydrogen-bond acceptors (Lipinski definition) is 2. The summed E-state index contributed by atoms with van der Waals surface area (Å²) < 4.78 is 5.66. The molecule has 0 bridgehead atoms. The Balaban J connectivity index is 0. The maximum absolute atomic E-state index is 10.9. The second kappa shape index (κ2) is 10.6. The van der Waals surface area contributed by atoms with Gasteiger partial charge in [0, 0.05) is 0 Å². The quantitative estimate of drug-likeness (QED) is 0.865. The SMILES string of the molecule is CC(C(=O)O)c1cccc(Oc2ccccc2)c1.O.O.[Ca+2]. The summed E-state index contributed by atoms with van der Waals surface area (Å²) in [6.07, 6.45) is 0. The molecule has 2 rings (SSSR count). The third kappa shape index (κ3) is 6.46. The average Bonchev–Trinajstić information content (AvgIpc) is 2.39. The number of carboxylic acid groups (broad SMARTS) is 1. The molecule has 5 N–H and O–H groups in total. The van der Waals surface area contributed by atoms with E-state index < -0.39 is 11.9 Å². The smallest absolute Gasteiger partial charge is 0.481 e. The van der Waals surface area contributed by atoms with Gasteiger partial charge in [-0.1, -0.05) is 30.3 Å². The molecular weight excluding hydrogens is 300 g/mol. The van der Waals surface area contributed by atoms with E-state index in [2.05, 4.69) is 0 Å². The van der Waals surface area contributed by atoms with Crippen molar-refractivity contribution in [2.24, 2.45) is 0 Å². The third-order valence-electron chi connectivity index (χ3n) is 2.71. The molecule has 0 fully saturated rings. The van der Waals surface area contributed by atoms with E-state index >= 15 is 0 Å². The summed E-state index contributed by atoms with van der Waals surface area (Å²) >= 11 is 0. The van der Waals surface area contributed by atoms with Crippen molar-refractivity contribution in [3.8, 4) is 11.5 Å².